The predicted octanol–water partition coefficient (Wildman–Crippen LogP) is 3.62. The van der Waals surface area contributed by atoms with Crippen LogP contribution < -0.4 is 0 Å². The fourth-order valence-electron chi connectivity index (χ4n) is 2.02. The van der Waals surface area contributed by atoms with Gasteiger partial charge < -0.3 is 9.26 Å². The van der Waals surface area contributed by atoms with Crippen molar-refractivity contribution in [2.24, 2.45) is 10.9 Å². The second-order valence-corrected chi connectivity index (χ2v) is 10.1. The Bertz CT molecular complexity index is 624. The Morgan fingerprint density at radius 2 is 2.15 bits per heavy atom. The van der Waals surface area contributed by atoms with Gasteiger partial charge in [-0.3, -0.25) is 19.0 Å². The molecular weight excluding hydrogens is 394 g/mol. The van der Waals surface area contributed by atoms with Crippen LogP contribution in [0.2, 0.25) is 0 Å². The smallest absolute Gasteiger partial charge is 0.422 e. The van der Waals surface area contributed by atoms with E-state index in [2.05, 4.69) is 9.73 Å². The Morgan fingerprint density at radius 1 is 1.50 bits per heavy atom. The molecule has 3 atom stereocenters. The number of carbonyl (C=O) groups excluding carboxylic acids is 1. The van der Waals surface area contributed by atoms with Crippen molar-refractivity contribution in [3.63, 3.8) is 0 Å². The van der Waals surface area contributed by atoms with Crippen LogP contribution in [0.25, 0.3) is 0 Å². The third kappa shape index (κ3) is 6.18. The first-order valence-corrected chi connectivity index (χ1v) is 11.0. The first kappa shape index (κ1) is 22.8. The Hall–Kier alpha value is -1.24. The summed E-state index contributed by atoms with van der Waals surface area (Å²) in [6, 6.07) is 1.59. The van der Waals surface area contributed by atoms with E-state index >= 15 is 0 Å². The summed E-state index contributed by atoms with van der Waals surface area (Å²) in [6.07, 6.45) is -4.00. The molecule has 0 aliphatic carbocycles. The fourth-order valence-corrected chi connectivity index (χ4v) is 7.17. The first-order valence-electron chi connectivity index (χ1n) is 7.96. The molecule has 0 saturated carbocycles. The molecule has 3 unspecified atom stereocenters. The van der Waals surface area contributed by atoms with E-state index in [0.29, 0.717) is 6.42 Å². The Labute approximate surface area is 154 Å². The monoisotopic (exact) mass is 415 g/mol. The number of hydrogen-bond acceptors (Lipinski definition) is 7. The van der Waals surface area contributed by atoms with Crippen LogP contribution in [0.1, 0.15) is 27.2 Å². The average Bonchev–Trinajstić information content (AvgIpc) is 3.03. The number of carbonyl (C=O) groups is 1. The topological polar surface area (TPSA) is 92.0 Å². The second kappa shape index (κ2) is 9.62. The van der Waals surface area contributed by atoms with Crippen LogP contribution in [0.5, 0.6) is 0 Å². The maximum atomic E-state index is 13.3. The van der Waals surface area contributed by atoms with Crippen molar-refractivity contribution in [3.8, 4) is 6.07 Å². The lowest BCUT2D eigenvalue weighted by Gasteiger charge is -2.31. The molecule has 1 aliphatic rings. The zero-order chi connectivity index (χ0) is 20.0. The molecule has 0 aromatic heterocycles. The third-order valence-corrected chi connectivity index (χ3v) is 8.65. The van der Waals surface area contributed by atoms with Crippen molar-refractivity contribution < 1.29 is 31.8 Å². The lowest BCUT2D eigenvalue weighted by atomic mass is 10.1. The van der Waals surface area contributed by atoms with Gasteiger partial charge in [0.1, 0.15) is 5.84 Å². The largest absolute Gasteiger partial charge is 0.455 e. The quantitative estimate of drug-likeness (QED) is 0.419. The van der Waals surface area contributed by atoms with Gasteiger partial charge in [-0.05, 0) is 24.7 Å². The summed E-state index contributed by atoms with van der Waals surface area (Å²) >= 11 is 1.07. The summed E-state index contributed by atoms with van der Waals surface area (Å²) in [5.74, 6) is -3.26. The molecule has 0 saturated heterocycles. The van der Waals surface area contributed by atoms with E-state index in [1.807, 2.05) is 13.8 Å². The molecule has 0 amide bonds. The number of ether oxygens (including phenoxy) is 1. The lowest BCUT2D eigenvalue weighted by molar-refractivity contribution is -0.186. The van der Waals surface area contributed by atoms with Gasteiger partial charge in [-0.2, -0.15) is 18.4 Å². The first-order chi connectivity index (χ1) is 12.1. The van der Waals surface area contributed by atoms with Gasteiger partial charge in [0.15, 0.2) is 6.61 Å². The van der Waals surface area contributed by atoms with Gasteiger partial charge in [0, 0.05) is 11.8 Å². The standard InChI is InChI=1S/C14H21F3N3O4PS/c1-4-10(3)26-25(22,24-5-2)20-7-6-19-12(20)11(8-18)13(21)23-9-14(15,16)17/h10-11H,4-7,9H2,1-3H3. The summed E-state index contributed by atoms with van der Waals surface area (Å²) in [5.41, 5.74) is 0. The average molecular weight is 415 g/mol. The number of nitriles is 1. The van der Waals surface area contributed by atoms with Gasteiger partial charge in [0.25, 0.3) is 0 Å². The molecule has 148 valence electrons. The summed E-state index contributed by atoms with van der Waals surface area (Å²) in [6.45, 7) is 0.497. The fraction of sp³-hybridized carbons (Fsp3) is 0.786. The maximum absolute atomic E-state index is 13.3. The molecule has 1 heterocycles. The molecule has 7 nitrogen and oxygen atoms in total. The van der Waals surface area contributed by atoms with Crippen molar-refractivity contribution in [1.82, 2.24) is 4.67 Å². The molecule has 0 radical (unpaired) electrons. The van der Waals surface area contributed by atoms with Crippen molar-refractivity contribution >= 4 is 29.9 Å². The number of halogens is 3. The SMILES string of the molecule is CCOP(=O)(SC(C)CC)N1CCN=C1C(C#N)C(=O)OCC(F)(F)F. The zero-order valence-electron chi connectivity index (χ0n) is 14.7. The molecule has 0 N–H and O–H groups in total. The highest BCUT2D eigenvalue weighted by atomic mass is 32.7. The number of alkyl halides is 3. The molecule has 0 fully saturated rings. The second-order valence-electron chi connectivity index (χ2n) is 5.36. The molecule has 1 rings (SSSR count). The number of hydrogen-bond donors (Lipinski definition) is 0. The van der Waals surface area contributed by atoms with Crippen molar-refractivity contribution in [2.45, 2.75) is 38.6 Å². The van der Waals surface area contributed by atoms with Gasteiger partial charge in [0.05, 0.1) is 19.2 Å². The minimum Gasteiger partial charge on any atom is -0.455 e. The van der Waals surface area contributed by atoms with Crippen molar-refractivity contribution in [2.75, 3.05) is 26.3 Å². The van der Waals surface area contributed by atoms with Crippen LogP contribution in [0.3, 0.4) is 0 Å². The Morgan fingerprint density at radius 3 is 2.65 bits per heavy atom. The van der Waals surface area contributed by atoms with Gasteiger partial charge >= 0.3 is 18.9 Å². The van der Waals surface area contributed by atoms with E-state index in [1.54, 1.807) is 13.0 Å². The number of amidine groups is 1. The third-order valence-electron chi connectivity index (χ3n) is 3.33. The predicted molar refractivity (Wildman–Crippen MR) is 91.7 cm³/mol. The summed E-state index contributed by atoms with van der Waals surface area (Å²) in [5, 5.41) is 9.22. The van der Waals surface area contributed by atoms with Crippen molar-refractivity contribution in [1.29, 1.82) is 5.26 Å². The lowest BCUT2D eigenvalue weighted by Crippen LogP contribution is -2.36. The maximum Gasteiger partial charge on any atom is 0.422 e. The molecule has 26 heavy (non-hydrogen) atoms. The molecule has 0 bridgehead atoms. The van der Waals surface area contributed by atoms with Gasteiger partial charge in [-0.1, -0.05) is 13.8 Å². The molecule has 0 aromatic rings. The zero-order valence-corrected chi connectivity index (χ0v) is 16.4. The van der Waals surface area contributed by atoms with E-state index in [1.165, 1.54) is 4.67 Å². The normalized spacial score (nSPS) is 19.3. The number of rotatable bonds is 9. The van der Waals surface area contributed by atoms with Crippen LogP contribution in [0.15, 0.2) is 4.99 Å². The number of aliphatic imine (C=N–C) groups is 1. The van der Waals surface area contributed by atoms with Crippen LogP contribution in [-0.2, 0) is 18.6 Å². The minimum absolute atomic E-state index is 0.0352. The molecule has 0 spiro atoms. The van der Waals surface area contributed by atoms with Gasteiger partial charge in [0.2, 0.25) is 5.92 Å². The van der Waals surface area contributed by atoms with E-state index in [0.717, 1.165) is 11.4 Å². The van der Waals surface area contributed by atoms with Crippen LogP contribution in [0, 0.1) is 17.2 Å². The van der Waals surface area contributed by atoms with E-state index in [4.69, 9.17) is 4.52 Å². The van der Waals surface area contributed by atoms with Crippen LogP contribution >= 0.6 is 18.1 Å². The number of esters is 1. The van der Waals surface area contributed by atoms with E-state index in [9.17, 15) is 27.8 Å². The molecule has 0 aromatic carbocycles. The molecular formula is C14H21F3N3O4PS. The van der Waals surface area contributed by atoms with Gasteiger partial charge in [-0.15, -0.1) is 0 Å². The highest BCUT2D eigenvalue weighted by Crippen LogP contribution is 2.65. The van der Waals surface area contributed by atoms with E-state index < -0.39 is 31.4 Å². The molecule has 12 heteroatoms. The highest BCUT2D eigenvalue weighted by molar-refractivity contribution is 8.56. The van der Waals surface area contributed by atoms with Gasteiger partial charge in [-0.25, -0.2) is 0 Å². The summed E-state index contributed by atoms with van der Waals surface area (Å²) < 4.78 is 60.8. The Kier molecular flexibility index (Phi) is 8.44. The van der Waals surface area contributed by atoms with Crippen LogP contribution in [0.4, 0.5) is 13.2 Å². The molecule has 1 aliphatic heterocycles. The van der Waals surface area contributed by atoms with E-state index in [-0.39, 0.29) is 30.8 Å². The Balaban J connectivity index is 3.03. The highest BCUT2D eigenvalue weighted by Gasteiger charge is 2.44. The van der Waals surface area contributed by atoms with Crippen LogP contribution in [-0.4, -0.2) is 54.2 Å². The summed E-state index contributed by atoms with van der Waals surface area (Å²) in [4.78, 5) is 15.9. The minimum atomic E-state index is -4.71. The number of nitrogens with zero attached hydrogens (tertiary/aromatic N) is 3. The summed E-state index contributed by atoms with van der Waals surface area (Å²) in [7, 11) is 0. The van der Waals surface area contributed by atoms with Crippen molar-refractivity contribution in [3.05, 3.63) is 0 Å².